The molecule has 0 fully saturated rings. The maximum absolute atomic E-state index is 10.4. The normalized spacial score (nSPS) is 11.1. The molecule has 0 aliphatic carbocycles. The Morgan fingerprint density at radius 2 is 2.38 bits per heavy atom. The number of carbonyl (C=O) groups is 1. The van der Waals surface area contributed by atoms with Gasteiger partial charge in [0.2, 0.25) is 0 Å². The first kappa shape index (κ1) is 12.9. The number of aryl methyl sites for hydroxylation is 1. The Kier molecular flexibility index (Phi) is 5.14. The van der Waals surface area contributed by atoms with Crippen LogP contribution in [0.1, 0.15) is 28.9 Å². The number of aromatic nitrogens is 1. The highest BCUT2D eigenvalue weighted by molar-refractivity contribution is 7.12. The summed E-state index contributed by atoms with van der Waals surface area (Å²) in [5, 5.41) is 9.60. The lowest BCUT2D eigenvalue weighted by Gasteiger charge is -1.94. The van der Waals surface area contributed by atoms with Gasteiger partial charge in [-0.1, -0.05) is 6.92 Å². The Balaban J connectivity index is 2.90. The highest BCUT2D eigenvalue weighted by Gasteiger charge is 2.08. The number of hydrogen-bond acceptors (Lipinski definition) is 4. The van der Waals surface area contributed by atoms with Crippen LogP contribution in [0.2, 0.25) is 0 Å². The minimum atomic E-state index is -0.950. The number of hydrogen-bond donors (Lipinski definition) is 1. The monoisotopic (exact) mass is 241 g/mol. The average molecular weight is 241 g/mol. The van der Waals surface area contributed by atoms with Crippen molar-refractivity contribution >= 4 is 23.4 Å². The molecule has 0 atom stereocenters. The Labute approximate surface area is 98.6 Å². The van der Waals surface area contributed by atoms with Crippen molar-refractivity contribution in [1.29, 1.82) is 0 Å². The Morgan fingerprint density at radius 3 is 2.94 bits per heavy atom. The minimum absolute atomic E-state index is 0.416. The molecule has 0 radical (unpaired) electrons. The topological polar surface area (TPSA) is 59.4 Å². The molecular formula is C11H15NO3S. The van der Waals surface area contributed by atoms with Crippen LogP contribution >= 0.6 is 11.3 Å². The molecule has 0 amide bonds. The summed E-state index contributed by atoms with van der Waals surface area (Å²) in [6.07, 6.45) is 4.65. The number of nitrogens with zero attached hydrogens (tertiary/aromatic N) is 1. The molecule has 1 aromatic rings. The smallest absolute Gasteiger partial charge is 0.328 e. The predicted molar refractivity (Wildman–Crippen MR) is 63.5 cm³/mol. The molecule has 0 aliphatic heterocycles. The predicted octanol–water partition coefficient (Wildman–Crippen LogP) is 2.34. The van der Waals surface area contributed by atoms with E-state index in [0.717, 1.165) is 34.5 Å². The van der Waals surface area contributed by atoms with E-state index in [4.69, 9.17) is 9.84 Å². The molecule has 0 unspecified atom stereocenters. The second-order valence-corrected chi connectivity index (χ2v) is 4.39. The first-order valence-electron chi connectivity index (χ1n) is 5.06. The number of carboxylic acid groups (broad SMARTS) is 1. The van der Waals surface area contributed by atoms with Crippen LogP contribution in [0, 0.1) is 0 Å². The molecule has 4 nitrogen and oxygen atoms in total. The van der Waals surface area contributed by atoms with Crippen LogP contribution < -0.4 is 0 Å². The maximum Gasteiger partial charge on any atom is 0.328 e. The highest BCUT2D eigenvalue weighted by Crippen LogP contribution is 2.22. The summed E-state index contributed by atoms with van der Waals surface area (Å²) in [4.78, 5) is 15.7. The fourth-order valence-electron chi connectivity index (χ4n) is 1.25. The fourth-order valence-corrected chi connectivity index (χ4v) is 2.33. The highest BCUT2D eigenvalue weighted by atomic mass is 32.1. The van der Waals surface area contributed by atoms with Crippen LogP contribution in [0.4, 0.5) is 0 Å². The number of carboxylic acids is 1. The van der Waals surface area contributed by atoms with Crippen molar-refractivity contribution in [3.05, 3.63) is 21.7 Å². The summed E-state index contributed by atoms with van der Waals surface area (Å²) in [6.45, 7) is 2.50. The third-order valence-corrected chi connectivity index (χ3v) is 3.02. The molecule has 0 saturated heterocycles. The lowest BCUT2D eigenvalue weighted by Crippen LogP contribution is -1.91. The summed E-state index contributed by atoms with van der Waals surface area (Å²) >= 11 is 1.52. The maximum atomic E-state index is 10.4. The minimum Gasteiger partial charge on any atom is -0.478 e. The quantitative estimate of drug-likeness (QED) is 0.777. The molecule has 0 bridgehead atoms. The van der Waals surface area contributed by atoms with E-state index in [9.17, 15) is 4.79 Å². The van der Waals surface area contributed by atoms with Gasteiger partial charge in [-0.3, -0.25) is 0 Å². The lowest BCUT2D eigenvalue weighted by atomic mass is 10.3. The van der Waals surface area contributed by atoms with E-state index >= 15 is 0 Å². The van der Waals surface area contributed by atoms with Crippen molar-refractivity contribution in [3.63, 3.8) is 0 Å². The molecule has 1 aromatic heterocycles. The van der Waals surface area contributed by atoms with Gasteiger partial charge >= 0.3 is 5.97 Å². The molecular weight excluding hydrogens is 226 g/mol. The van der Waals surface area contributed by atoms with Crippen LogP contribution in [0.3, 0.4) is 0 Å². The first-order valence-corrected chi connectivity index (χ1v) is 5.87. The molecule has 1 rings (SSSR count). The molecule has 0 aromatic carbocycles. The second kappa shape index (κ2) is 6.40. The molecule has 0 spiro atoms. The lowest BCUT2D eigenvalue weighted by molar-refractivity contribution is -0.131. The zero-order chi connectivity index (χ0) is 12.0. The Morgan fingerprint density at radius 1 is 1.62 bits per heavy atom. The summed E-state index contributed by atoms with van der Waals surface area (Å²) in [6, 6.07) is 0. The summed E-state index contributed by atoms with van der Waals surface area (Å²) in [5.74, 6) is -0.950. The van der Waals surface area contributed by atoms with E-state index in [1.807, 2.05) is 0 Å². The zero-order valence-electron chi connectivity index (χ0n) is 9.40. The van der Waals surface area contributed by atoms with Crippen LogP contribution in [0.15, 0.2) is 6.08 Å². The van der Waals surface area contributed by atoms with E-state index in [0.29, 0.717) is 6.61 Å². The fraction of sp³-hybridized carbons (Fsp3) is 0.455. The van der Waals surface area contributed by atoms with E-state index < -0.39 is 5.97 Å². The Bertz CT molecular complexity index is 385. The van der Waals surface area contributed by atoms with Crippen LogP contribution in [0.25, 0.3) is 6.08 Å². The number of ether oxygens (including phenoxy) is 1. The van der Waals surface area contributed by atoms with Crippen LogP contribution in [-0.2, 0) is 22.6 Å². The van der Waals surface area contributed by atoms with Crippen molar-refractivity contribution in [3.8, 4) is 0 Å². The standard InChI is InChI=1S/C11H15NO3S/c1-3-4-10-12-8(7-15-2)9(16-10)5-6-11(13)14/h5-6H,3-4,7H2,1-2H3,(H,13,14)/b6-5+. The van der Waals surface area contributed by atoms with Gasteiger partial charge in [-0.15, -0.1) is 11.3 Å². The summed E-state index contributed by atoms with van der Waals surface area (Å²) in [7, 11) is 1.60. The van der Waals surface area contributed by atoms with Gasteiger partial charge in [0.15, 0.2) is 0 Å². The van der Waals surface area contributed by atoms with Crippen molar-refractivity contribution in [2.24, 2.45) is 0 Å². The SMILES string of the molecule is CCCc1nc(COC)c(/C=C/C(=O)O)s1. The van der Waals surface area contributed by atoms with E-state index in [2.05, 4.69) is 11.9 Å². The van der Waals surface area contributed by atoms with Gasteiger partial charge in [-0.05, 0) is 18.9 Å². The molecule has 88 valence electrons. The van der Waals surface area contributed by atoms with Gasteiger partial charge in [0, 0.05) is 13.2 Å². The van der Waals surface area contributed by atoms with E-state index in [-0.39, 0.29) is 0 Å². The van der Waals surface area contributed by atoms with Gasteiger partial charge in [0.05, 0.1) is 22.2 Å². The molecule has 5 heteroatoms. The van der Waals surface area contributed by atoms with Crippen molar-refractivity contribution in [2.45, 2.75) is 26.4 Å². The van der Waals surface area contributed by atoms with Gasteiger partial charge in [-0.25, -0.2) is 9.78 Å². The number of methoxy groups -OCH3 is 1. The zero-order valence-corrected chi connectivity index (χ0v) is 10.2. The number of thiazole rings is 1. The Hall–Kier alpha value is -1.20. The van der Waals surface area contributed by atoms with Gasteiger partial charge in [0.25, 0.3) is 0 Å². The van der Waals surface area contributed by atoms with Gasteiger partial charge < -0.3 is 9.84 Å². The van der Waals surface area contributed by atoms with E-state index in [1.165, 1.54) is 11.3 Å². The third-order valence-electron chi connectivity index (χ3n) is 1.89. The molecule has 16 heavy (non-hydrogen) atoms. The molecule has 0 saturated carbocycles. The van der Waals surface area contributed by atoms with Crippen molar-refractivity contribution in [1.82, 2.24) is 4.98 Å². The van der Waals surface area contributed by atoms with Crippen LogP contribution in [0.5, 0.6) is 0 Å². The van der Waals surface area contributed by atoms with Gasteiger partial charge in [-0.2, -0.15) is 0 Å². The summed E-state index contributed by atoms with van der Waals surface area (Å²) < 4.78 is 5.03. The van der Waals surface area contributed by atoms with E-state index in [1.54, 1.807) is 13.2 Å². The second-order valence-electron chi connectivity index (χ2n) is 3.27. The first-order chi connectivity index (χ1) is 7.67. The van der Waals surface area contributed by atoms with Gasteiger partial charge in [0.1, 0.15) is 0 Å². The van der Waals surface area contributed by atoms with Crippen LogP contribution in [-0.4, -0.2) is 23.2 Å². The average Bonchev–Trinajstić information content (AvgIpc) is 2.59. The molecule has 1 N–H and O–H groups in total. The molecule has 0 aliphatic rings. The third kappa shape index (κ3) is 3.75. The van der Waals surface area contributed by atoms with Crippen molar-refractivity contribution < 1.29 is 14.6 Å². The molecule has 1 heterocycles. The number of rotatable bonds is 6. The largest absolute Gasteiger partial charge is 0.478 e. The van der Waals surface area contributed by atoms with Crippen molar-refractivity contribution in [2.75, 3.05) is 7.11 Å². The summed E-state index contributed by atoms with van der Waals surface area (Å²) in [5.41, 5.74) is 0.813. The number of aliphatic carboxylic acids is 1.